The number of rotatable bonds is 0. The molecule has 2 rings (SSSR count). The number of benzene rings is 2. The predicted molar refractivity (Wildman–Crippen MR) is 49.2 cm³/mol. The van der Waals surface area contributed by atoms with Crippen molar-refractivity contribution in [2.75, 3.05) is 0 Å². The van der Waals surface area contributed by atoms with Crippen molar-refractivity contribution in [2.24, 2.45) is 0 Å². The van der Waals surface area contributed by atoms with Crippen LogP contribution in [0, 0.1) is 13.5 Å². The Labute approximate surface area is 87.3 Å². The Morgan fingerprint density at radius 2 is 1.58 bits per heavy atom. The van der Waals surface area contributed by atoms with Gasteiger partial charge in [0.25, 0.3) is 0 Å². The van der Waals surface area contributed by atoms with Gasteiger partial charge in [-0.3, -0.25) is 0 Å². The van der Waals surface area contributed by atoms with Crippen LogP contribution >= 0.6 is 0 Å². The van der Waals surface area contributed by atoms with E-state index >= 15 is 0 Å². The van der Waals surface area contributed by atoms with Crippen LogP contribution in [0.1, 0.15) is 0 Å². The second-order valence-corrected chi connectivity index (χ2v) is 2.26. The summed E-state index contributed by atoms with van der Waals surface area (Å²) in [6, 6.07) is 17.4. The molecule has 0 heterocycles. The van der Waals surface area contributed by atoms with Crippen LogP contribution in [0.2, 0.25) is 0 Å². The van der Waals surface area contributed by atoms with Crippen molar-refractivity contribution >= 4 is 10.8 Å². The zero-order valence-corrected chi connectivity index (χ0v) is 8.41. The molecule has 0 fully saturated rings. The maximum absolute atomic E-state index is 3.15. The molecule has 0 unspecified atom stereocenters. The van der Waals surface area contributed by atoms with E-state index in [-0.39, 0.29) is 27.8 Å². The second-order valence-electron chi connectivity index (χ2n) is 2.26. The van der Waals surface area contributed by atoms with Crippen LogP contribution in [-0.4, -0.2) is 0 Å². The normalized spacial score (nSPS) is 8.33. The van der Waals surface area contributed by atoms with Crippen LogP contribution in [0.3, 0.4) is 0 Å². The molecule has 0 bridgehead atoms. The zero-order chi connectivity index (χ0) is 6.81. The van der Waals surface area contributed by atoms with E-state index in [0.717, 1.165) is 0 Å². The van der Waals surface area contributed by atoms with E-state index in [4.69, 9.17) is 0 Å². The first-order valence-corrected chi connectivity index (χ1v) is 3.32. The summed E-state index contributed by atoms with van der Waals surface area (Å²) in [5.74, 6) is 0. The molecule has 0 amide bonds. The van der Waals surface area contributed by atoms with Gasteiger partial charge in [0.15, 0.2) is 0 Å². The molecule has 0 saturated heterocycles. The Bertz CT molecular complexity index is 276. The molecule has 64 valence electrons. The molecule has 0 saturated carbocycles. The van der Waals surface area contributed by atoms with Gasteiger partial charge < -0.3 is 7.43 Å². The van der Waals surface area contributed by atoms with Gasteiger partial charge in [0.05, 0.1) is 0 Å². The summed E-state index contributed by atoms with van der Waals surface area (Å²) in [5.41, 5.74) is 0. The minimum atomic E-state index is 0. The molecule has 0 spiro atoms. The van der Waals surface area contributed by atoms with Crippen molar-refractivity contribution in [3.8, 4) is 0 Å². The van der Waals surface area contributed by atoms with Crippen LogP contribution < -0.4 is 0 Å². The first kappa shape index (κ1) is 11.4. The number of hydrogen-bond acceptors (Lipinski definition) is 0. The standard InChI is InChI=1S/C10H7.CH3.Pd/c1-2-6-10-8-4-3-7-9(10)5-1;;/h1-7H;1H3;/q2*-1;+2. The van der Waals surface area contributed by atoms with E-state index in [0.29, 0.717) is 0 Å². The van der Waals surface area contributed by atoms with E-state index in [1.54, 1.807) is 0 Å². The van der Waals surface area contributed by atoms with Crippen molar-refractivity contribution in [3.05, 3.63) is 56.0 Å². The van der Waals surface area contributed by atoms with Crippen LogP contribution in [-0.2, 0) is 20.4 Å². The van der Waals surface area contributed by atoms with Crippen molar-refractivity contribution in [1.82, 2.24) is 0 Å². The molecule has 1 heteroatoms. The monoisotopic (exact) mass is 248 g/mol. The first-order valence-electron chi connectivity index (χ1n) is 3.32. The molecular formula is C11H10Pd. The molecule has 0 nitrogen and oxygen atoms in total. The smallest absolute Gasteiger partial charge is 0.358 e. The molecule has 0 atom stereocenters. The van der Waals surface area contributed by atoms with Crippen LogP contribution in [0.15, 0.2) is 42.5 Å². The summed E-state index contributed by atoms with van der Waals surface area (Å²) in [7, 11) is 0. The van der Waals surface area contributed by atoms with Crippen molar-refractivity contribution in [1.29, 1.82) is 0 Å². The molecule has 12 heavy (non-hydrogen) atoms. The van der Waals surface area contributed by atoms with Gasteiger partial charge in [0, 0.05) is 0 Å². The Kier molecular flexibility index (Phi) is 4.82. The third-order valence-electron chi connectivity index (χ3n) is 1.57. The summed E-state index contributed by atoms with van der Waals surface area (Å²) in [5, 5.41) is 2.44. The largest absolute Gasteiger partial charge is 2.00 e. The first-order chi connectivity index (χ1) is 4.97. The van der Waals surface area contributed by atoms with Gasteiger partial charge in [-0.2, -0.15) is 0 Å². The summed E-state index contributed by atoms with van der Waals surface area (Å²) in [6.45, 7) is 0. The third kappa shape index (κ3) is 2.17. The van der Waals surface area contributed by atoms with Crippen LogP contribution in [0.5, 0.6) is 0 Å². The summed E-state index contributed by atoms with van der Waals surface area (Å²) in [6.07, 6.45) is 0. The molecule has 0 aliphatic heterocycles. The average molecular weight is 249 g/mol. The van der Waals surface area contributed by atoms with Crippen molar-refractivity contribution in [3.63, 3.8) is 0 Å². The van der Waals surface area contributed by atoms with Crippen LogP contribution in [0.25, 0.3) is 10.8 Å². The Morgan fingerprint density at radius 1 is 0.917 bits per heavy atom. The van der Waals surface area contributed by atoms with Crippen molar-refractivity contribution < 1.29 is 20.4 Å². The summed E-state index contributed by atoms with van der Waals surface area (Å²) < 4.78 is 0. The Balaban J connectivity index is 0.000000605. The van der Waals surface area contributed by atoms with Crippen molar-refractivity contribution in [2.45, 2.75) is 0 Å². The molecule has 0 N–H and O–H groups in total. The molecule has 0 aliphatic rings. The fourth-order valence-electron chi connectivity index (χ4n) is 1.06. The Morgan fingerprint density at radius 3 is 2.33 bits per heavy atom. The fourth-order valence-corrected chi connectivity index (χ4v) is 1.06. The molecule has 0 aliphatic carbocycles. The van der Waals surface area contributed by atoms with E-state index in [2.05, 4.69) is 24.3 Å². The fraction of sp³-hybridized carbons (Fsp3) is 0. The molecule has 0 aromatic heterocycles. The zero-order valence-electron chi connectivity index (χ0n) is 6.86. The average Bonchev–Trinajstić information content (AvgIpc) is 2.05. The van der Waals surface area contributed by atoms with E-state index < -0.39 is 0 Å². The number of hydrogen-bond donors (Lipinski definition) is 0. The maximum atomic E-state index is 3.15. The van der Waals surface area contributed by atoms with Gasteiger partial charge in [0.2, 0.25) is 0 Å². The van der Waals surface area contributed by atoms with Crippen LogP contribution in [0.4, 0.5) is 0 Å². The van der Waals surface area contributed by atoms with Gasteiger partial charge in [-0.1, -0.05) is 12.1 Å². The molecule has 2 aromatic carbocycles. The molecule has 0 radical (unpaired) electrons. The van der Waals surface area contributed by atoms with Gasteiger partial charge in [0.1, 0.15) is 0 Å². The van der Waals surface area contributed by atoms with Gasteiger partial charge in [-0.15, -0.1) is 47.2 Å². The maximum Gasteiger partial charge on any atom is 2.00 e. The minimum absolute atomic E-state index is 0. The molecule has 2 aromatic rings. The minimum Gasteiger partial charge on any atom is -0.358 e. The quantitative estimate of drug-likeness (QED) is 0.496. The SMILES string of the molecule is [CH3-].[Pd+2].[c-]1cccc2ccccc12. The topological polar surface area (TPSA) is 0 Å². The molecular weight excluding hydrogens is 239 g/mol. The van der Waals surface area contributed by atoms with E-state index in [1.165, 1.54) is 10.8 Å². The van der Waals surface area contributed by atoms with Gasteiger partial charge >= 0.3 is 20.4 Å². The van der Waals surface area contributed by atoms with E-state index in [1.807, 2.05) is 24.3 Å². The number of fused-ring (bicyclic) bond motifs is 1. The van der Waals surface area contributed by atoms with E-state index in [9.17, 15) is 0 Å². The van der Waals surface area contributed by atoms with Gasteiger partial charge in [-0.25, -0.2) is 0 Å². The Hall–Kier alpha value is -0.638. The summed E-state index contributed by atoms with van der Waals surface area (Å²) >= 11 is 0. The second kappa shape index (κ2) is 5.09. The summed E-state index contributed by atoms with van der Waals surface area (Å²) in [4.78, 5) is 0. The van der Waals surface area contributed by atoms with Gasteiger partial charge in [-0.05, 0) is 0 Å². The third-order valence-corrected chi connectivity index (χ3v) is 1.57. The predicted octanol–water partition coefficient (Wildman–Crippen LogP) is 3.09.